The van der Waals surface area contributed by atoms with Crippen molar-refractivity contribution in [2.75, 3.05) is 35.3 Å². The Morgan fingerprint density at radius 1 is 1.04 bits per heavy atom. The van der Waals surface area contributed by atoms with Gasteiger partial charge in [0, 0.05) is 26.3 Å². The average Bonchev–Trinajstić information content (AvgIpc) is 3.20. The molecule has 4 rings (SSSR count). The third-order valence-corrected chi connectivity index (χ3v) is 5.41. The third-order valence-electron chi connectivity index (χ3n) is 5.41. The molecule has 1 fully saturated rings. The fourth-order valence-corrected chi connectivity index (χ4v) is 3.92. The largest absolute Gasteiger partial charge is 0.480 e. The predicted octanol–water partition coefficient (Wildman–Crippen LogP) is 2.66. The maximum Gasteiger partial charge on any atom is 0.329 e. The van der Waals surface area contributed by atoms with Gasteiger partial charge in [0.25, 0.3) is 0 Å². The maximum absolute atomic E-state index is 11.4. The Labute approximate surface area is 163 Å². The van der Waals surface area contributed by atoms with Crippen LogP contribution in [0.15, 0.2) is 58.8 Å². The number of para-hydroxylation sites is 2. The van der Waals surface area contributed by atoms with Gasteiger partial charge in [0.1, 0.15) is 0 Å². The van der Waals surface area contributed by atoms with Crippen LogP contribution in [0.5, 0.6) is 0 Å². The zero-order valence-electron chi connectivity index (χ0n) is 15.8. The molecule has 0 bridgehead atoms. The molecule has 2 aliphatic rings. The van der Waals surface area contributed by atoms with E-state index in [1.807, 2.05) is 50.5 Å². The molecule has 2 aliphatic heterocycles. The minimum Gasteiger partial charge on any atom is -0.480 e. The monoisotopic (exact) mass is 381 g/mol. The summed E-state index contributed by atoms with van der Waals surface area (Å²) in [5.41, 5.74) is 3.66. The molecule has 2 aromatic rings. The van der Waals surface area contributed by atoms with E-state index in [1.54, 1.807) is 4.90 Å². The van der Waals surface area contributed by atoms with Crippen LogP contribution in [-0.2, 0) is 4.79 Å². The number of benzene rings is 2. The van der Waals surface area contributed by atoms with Gasteiger partial charge in [0.15, 0.2) is 6.04 Å². The average molecular weight is 381 g/mol. The number of anilines is 3. The first-order chi connectivity index (χ1) is 13.5. The Kier molecular flexibility index (Phi) is 4.64. The van der Waals surface area contributed by atoms with Crippen molar-refractivity contribution in [2.45, 2.75) is 24.9 Å². The molecule has 0 spiro atoms. The first-order valence-corrected chi connectivity index (χ1v) is 9.20. The van der Waals surface area contributed by atoms with E-state index in [4.69, 9.17) is 0 Å². The molecule has 0 amide bonds. The number of nitrogens with zero attached hydrogens (tertiary/aromatic N) is 5. The second-order valence-corrected chi connectivity index (χ2v) is 7.12. The molecule has 0 radical (unpaired) electrons. The van der Waals surface area contributed by atoms with Crippen molar-refractivity contribution in [2.24, 2.45) is 10.2 Å². The number of hydrogen-bond acceptors (Lipinski definition) is 7. The van der Waals surface area contributed by atoms with Gasteiger partial charge in [0.2, 0.25) is 6.29 Å². The Balaban J connectivity index is 1.49. The molecule has 0 saturated carbocycles. The van der Waals surface area contributed by atoms with Crippen molar-refractivity contribution in [3.8, 4) is 0 Å². The van der Waals surface area contributed by atoms with Gasteiger partial charge in [0.05, 0.1) is 23.2 Å². The third kappa shape index (κ3) is 3.05. The number of aliphatic hydroxyl groups excluding tert-OH is 1. The van der Waals surface area contributed by atoms with E-state index in [-0.39, 0.29) is 6.29 Å². The highest BCUT2D eigenvalue weighted by molar-refractivity contribution is 5.80. The van der Waals surface area contributed by atoms with Gasteiger partial charge in [-0.3, -0.25) is 0 Å². The first kappa shape index (κ1) is 18.2. The molecule has 146 valence electrons. The Morgan fingerprint density at radius 2 is 1.64 bits per heavy atom. The molecule has 2 aromatic carbocycles. The van der Waals surface area contributed by atoms with Gasteiger partial charge in [-0.05, 0) is 42.8 Å². The van der Waals surface area contributed by atoms with E-state index >= 15 is 0 Å². The van der Waals surface area contributed by atoms with Crippen molar-refractivity contribution in [3.05, 3.63) is 48.5 Å². The molecule has 28 heavy (non-hydrogen) atoms. The van der Waals surface area contributed by atoms with E-state index in [0.717, 1.165) is 17.1 Å². The van der Waals surface area contributed by atoms with Crippen LogP contribution < -0.4 is 14.7 Å². The van der Waals surface area contributed by atoms with Crippen molar-refractivity contribution < 1.29 is 15.0 Å². The lowest BCUT2D eigenvalue weighted by Crippen LogP contribution is -2.41. The SMILES string of the molecule is CN1c2ccccc2N(C)C1N=Nc1ccc(N2CCC(O)C2C(=O)O)cc1. The van der Waals surface area contributed by atoms with E-state index in [1.165, 1.54) is 0 Å². The smallest absolute Gasteiger partial charge is 0.329 e. The topological polar surface area (TPSA) is 92.0 Å². The summed E-state index contributed by atoms with van der Waals surface area (Å²) in [4.78, 5) is 17.3. The van der Waals surface area contributed by atoms with Crippen molar-refractivity contribution in [1.82, 2.24) is 0 Å². The maximum atomic E-state index is 11.4. The van der Waals surface area contributed by atoms with Crippen LogP contribution in [0.2, 0.25) is 0 Å². The van der Waals surface area contributed by atoms with E-state index < -0.39 is 18.1 Å². The molecule has 8 heteroatoms. The summed E-state index contributed by atoms with van der Waals surface area (Å²) in [5, 5.41) is 28.1. The van der Waals surface area contributed by atoms with Crippen molar-refractivity contribution in [1.29, 1.82) is 0 Å². The molecule has 0 aliphatic carbocycles. The summed E-state index contributed by atoms with van der Waals surface area (Å²) < 4.78 is 0. The molecule has 0 aromatic heterocycles. The van der Waals surface area contributed by atoms with Gasteiger partial charge >= 0.3 is 5.97 Å². The minimum atomic E-state index is -1.01. The standard InChI is InChI=1S/C20H23N5O3/c1-23-15-5-3-4-6-16(15)24(2)20(23)22-21-13-7-9-14(10-8-13)25-12-11-17(26)18(25)19(27)28/h3-10,17-18,20,26H,11-12H2,1-2H3,(H,27,28). The van der Waals surface area contributed by atoms with Gasteiger partial charge in [-0.15, -0.1) is 5.11 Å². The highest BCUT2D eigenvalue weighted by atomic mass is 16.4. The number of carbonyl (C=O) groups is 1. The first-order valence-electron chi connectivity index (χ1n) is 9.20. The van der Waals surface area contributed by atoms with Crippen LogP contribution in [0.25, 0.3) is 0 Å². The van der Waals surface area contributed by atoms with E-state index in [0.29, 0.717) is 18.7 Å². The Bertz CT molecular complexity index is 872. The number of aliphatic hydroxyl groups is 1. The molecule has 1 saturated heterocycles. The van der Waals surface area contributed by atoms with Gasteiger partial charge in [-0.2, -0.15) is 5.11 Å². The van der Waals surface area contributed by atoms with Gasteiger partial charge in [-0.1, -0.05) is 12.1 Å². The summed E-state index contributed by atoms with van der Waals surface area (Å²) in [6, 6.07) is 14.5. The van der Waals surface area contributed by atoms with Crippen LogP contribution >= 0.6 is 0 Å². The van der Waals surface area contributed by atoms with E-state index in [9.17, 15) is 15.0 Å². The number of azo groups is 1. The summed E-state index contributed by atoms with van der Waals surface area (Å²) in [6.45, 7) is 0.509. The zero-order valence-corrected chi connectivity index (χ0v) is 15.8. The van der Waals surface area contributed by atoms with Crippen LogP contribution in [0.4, 0.5) is 22.7 Å². The van der Waals surface area contributed by atoms with Crippen LogP contribution in [0, 0.1) is 0 Å². The van der Waals surface area contributed by atoms with Crippen LogP contribution in [-0.4, -0.2) is 55.3 Å². The highest BCUT2D eigenvalue weighted by Crippen LogP contribution is 2.38. The quantitative estimate of drug-likeness (QED) is 0.791. The summed E-state index contributed by atoms with van der Waals surface area (Å²) in [6.07, 6.45) is -0.631. The van der Waals surface area contributed by atoms with E-state index in [2.05, 4.69) is 32.2 Å². The van der Waals surface area contributed by atoms with Gasteiger partial charge < -0.3 is 24.9 Å². The molecule has 2 unspecified atom stereocenters. The predicted molar refractivity (Wildman–Crippen MR) is 107 cm³/mol. The lowest BCUT2D eigenvalue weighted by Gasteiger charge is -2.24. The second-order valence-electron chi connectivity index (χ2n) is 7.12. The number of aliphatic carboxylic acids is 1. The minimum absolute atomic E-state index is 0.220. The molecular weight excluding hydrogens is 358 g/mol. The molecule has 2 atom stereocenters. The number of carboxylic acids is 1. The van der Waals surface area contributed by atoms with Crippen molar-refractivity contribution >= 4 is 28.7 Å². The van der Waals surface area contributed by atoms with Crippen LogP contribution in [0.3, 0.4) is 0 Å². The van der Waals surface area contributed by atoms with Crippen molar-refractivity contribution in [3.63, 3.8) is 0 Å². The zero-order chi connectivity index (χ0) is 19.8. The lowest BCUT2D eigenvalue weighted by atomic mass is 10.1. The second kappa shape index (κ2) is 7.12. The van der Waals surface area contributed by atoms with Gasteiger partial charge in [-0.25, -0.2) is 4.79 Å². The molecule has 2 heterocycles. The molecule has 8 nitrogen and oxygen atoms in total. The fraction of sp³-hybridized carbons (Fsp3) is 0.350. The summed E-state index contributed by atoms with van der Waals surface area (Å²) >= 11 is 0. The molecule has 2 N–H and O–H groups in total. The summed E-state index contributed by atoms with van der Waals surface area (Å²) in [5.74, 6) is -1.01. The highest BCUT2D eigenvalue weighted by Gasteiger charge is 2.38. The van der Waals surface area contributed by atoms with Crippen LogP contribution in [0.1, 0.15) is 6.42 Å². The lowest BCUT2D eigenvalue weighted by molar-refractivity contribution is -0.140. The number of hydrogen-bond donors (Lipinski definition) is 2. The normalized spacial score (nSPS) is 22.3. The molecular formula is C20H23N5O3. The number of fused-ring (bicyclic) bond motifs is 1. The number of carboxylic acid groups (broad SMARTS) is 1. The Morgan fingerprint density at radius 3 is 2.21 bits per heavy atom. The Hall–Kier alpha value is -3.13. The fourth-order valence-electron chi connectivity index (χ4n) is 3.92. The number of rotatable bonds is 4. The summed E-state index contributed by atoms with van der Waals surface area (Å²) in [7, 11) is 3.97.